The minimum absolute atomic E-state index is 0.0703. The molecule has 212 valence electrons. The van der Waals surface area contributed by atoms with Crippen LogP contribution in [0.1, 0.15) is 39.3 Å². The van der Waals surface area contributed by atoms with Gasteiger partial charge < -0.3 is 30.5 Å². The van der Waals surface area contributed by atoms with E-state index in [1.165, 1.54) is 33.8 Å². The van der Waals surface area contributed by atoms with Gasteiger partial charge in [0.1, 0.15) is 22.8 Å². The molecular weight excluding hydrogens is 570 g/mol. The number of carbonyl (C=O) groups is 4. The Hall–Kier alpha value is -2.82. The molecule has 0 aliphatic carbocycles. The zero-order valence-electron chi connectivity index (χ0n) is 21.5. The lowest BCUT2D eigenvalue weighted by Crippen LogP contribution is -2.71. The van der Waals surface area contributed by atoms with Gasteiger partial charge in [-0.15, -0.1) is 34.9 Å². The first-order valence-electron chi connectivity index (χ1n) is 12.0. The van der Waals surface area contributed by atoms with Crippen LogP contribution in [0.25, 0.3) is 0 Å². The molecular formula is C23H29N5O8S3. The van der Waals surface area contributed by atoms with Crippen LogP contribution >= 0.6 is 34.9 Å². The molecule has 0 radical (unpaired) electrons. The highest BCUT2D eigenvalue weighted by atomic mass is 32.2. The number of rotatable bonds is 8. The van der Waals surface area contributed by atoms with Crippen LogP contribution < -0.4 is 11.1 Å². The molecule has 0 bridgehead atoms. The number of anilines is 1. The van der Waals surface area contributed by atoms with Crippen LogP contribution in [0.2, 0.25) is 0 Å². The number of carbonyl (C=O) groups excluding carboxylic acids is 4. The van der Waals surface area contributed by atoms with E-state index >= 15 is 0 Å². The van der Waals surface area contributed by atoms with Crippen LogP contribution in [0.3, 0.4) is 0 Å². The fraction of sp³-hybridized carbons (Fsp3) is 0.565. The van der Waals surface area contributed by atoms with Gasteiger partial charge in [-0.1, -0.05) is 5.16 Å². The average Bonchev–Trinajstić information content (AvgIpc) is 3.32. The predicted molar refractivity (Wildman–Crippen MR) is 145 cm³/mol. The second-order valence-electron chi connectivity index (χ2n) is 9.81. The van der Waals surface area contributed by atoms with Gasteiger partial charge in [0.15, 0.2) is 10.8 Å². The molecule has 2 atom stereocenters. The molecule has 0 saturated carbocycles. The van der Waals surface area contributed by atoms with Crippen LogP contribution in [0.5, 0.6) is 0 Å². The van der Waals surface area contributed by atoms with E-state index < -0.39 is 47.4 Å². The molecule has 3 aliphatic rings. The summed E-state index contributed by atoms with van der Waals surface area (Å²) < 4.78 is 15.8. The summed E-state index contributed by atoms with van der Waals surface area (Å²) in [6.07, 6.45) is 1.59. The molecule has 2 amide bonds. The monoisotopic (exact) mass is 599 g/mol. The molecule has 2 unspecified atom stereocenters. The minimum Gasteiger partial charge on any atom is -0.427 e. The molecule has 1 aromatic rings. The van der Waals surface area contributed by atoms with Crippen LogP contribution in [0.4, 0.5) is 5.13 Å². The summed E-state index contributed by atoms with van der Waals surface area (Å²) in [6.45, 7) is 5.65. The number of amides is 2. The first-order chi connectivity index (χ1) is 18.5. The first kappa shape index (κ1) is 29.2. The van der Waals surface area contributed by atoms with Crippen molar-refractivity contribution in [1.82, 2.24) is 15.2 Å². The number of nitrogens with two attached hydrogens (primary N) is 1. The van der Waals surface area contributed by atoms with Crippen LogP contribution in [0.15, 0.2) is 21.1 Å². The molecule has 0 aromatic carbocycles. The maximum atomic E-state index is 13.3. The van der Waals surface area contributed by atoms with E-state index in [0.717, 1.165) is 24.2 Å². The number of thioether (sulfide) groups is 2. The van der Waals surface area contributed by atoms with Crippen LogP contribution in [-0.2, 0) is 33.4 Å². The fourth-order valence-corrected chi connectivity index (χ4v) is 7.25. The Labute approximate surface area is 236 Å². The topological polar surface area (TPSA) is 183 Å². The van der Waals surface area contributed by atoms with Gasteiger partial charge in [-0.2, -0.15) is 0 Å². The second-order valence-corrected chi connectivity index (χ2v) is 13.2. The largest absolute Gasteiger partial charge is 0.427 e. The van der Waals surface area contributed by atoms with Crippen molar-refractivity contribution < 1.29 is 38.6 Å². The van der Waals surface area contributed by atoms with Crippen LogP contribution in [-0.4, -0.2) is 87.0 Å². The first-order valence-corrected chi connectivity index (χ1v) is 14.8. The molecule has 0 spiro atoms. The lowest BCUT2D eigenvalue weighted by atomic mass is 9.98. The van der Waals surface area contributed by atoms with Gasteiger partial charge in [-0.05, 0) is 33.6 Å². The number of oxime groups is 1. The summed E-state index contributed by atoms with van der Waals surface area (Å²) >= 11 is 3.96. The van der Waals surface area contributed by atoms with Crippen molar-refractivity contribution >= 4 is 69.5 Å². The molecule has 3 aliphatic heterocycles. The molecule has 2 saturated heterocycles. The molecule has 4 heterocycles. The number of nitrogen functional groups attached to an aromatic ring is 1. The van der Waals surface area contributed by atoms with Crippen LogP contribution in [0, 0.1) is 5.41 Å². The number of fused-ring (bicyclic) bond motifs is 1. The summed E-state index contributed by atoms with van der Waals surface area (Å²) in [5.74, 6) is -2.28. The van der Waals surface area contributed by atoms with Crippen molar-refractivity contribution in [3.05, 3.63) is 21.7 Å². The summed E-state index contributed by atoms with van der Waals surface area (Å²) in [4.78, 5) is 57.3. The Morgan fingerprint density at radius 1 is 1.31 bits per heavy atom. The third-order valence-electron chi connectivity index (χ3n) is 5.96. The molecule has 13 nitrogen and oxygen atoms in total. The molecule has 16 heteroatoms. The third-order valence-corrected chi connectivity index (χ3v) is 9.53. The summed E-state index contributed by atoms with van der Waals surface area (Å²) in [5.41, 5.74) is 4.58. The van der Waals surface area contributed by atoms with Gasteiger partial charge in [-0.25, -0.2) is 9.78 Å². The Morgan fingerprint density at radius 3 is 2.64 bits per heavy atom. The summed E-state index contributed by atoms with van der Waals surface area (Å²) in [7, 11) is 0. The van der Waals surface area contributed by atoms with Gasteiger partial charge in [0, 0.05) is 34.5 Å². The minimum atomic E-state index is -0.980. The second kappa shape index (κ2) is 12.1. The van der Waals surface area contributed by atoms with E-state index in [2.05, 4.69) is 15.5 Å². The summed E-state index contributed by atoms with van der Waals surface area (Å²) in [5, 5.41) is 16.2. The van der Waals surface area contributed by atoms with Crippen molar-refractivity contribution in [3.63, 3.8) is 0 Å². The molecule has 39 heavy (non-hydrogen) atoms. The maximum Gasteiger partial charge on any atom is 0.358 e. The number of nitrogens with one attached hydrogen (secondary N) is 1. The number of ether oxygens (including phenoxy) is 3. The molecule has 2 fully saturated rings. The molecule has 1 aromatic heterocycles. The zero-order chi connectivity index (χ0) is 28.3. The van der Waals surface area contributed by atoms with Crippen molar-refractivity contribution in [2.24, 2.45) is 10.6 Å². The van der Waals surface area contributed by atoms with Crippen molar-refractivity contribution in [2.75, 3.05) is 31.5 Å². The lowest BCUT2D eigenvalue weighted by Gasteiger charge is -2.49. The Morgan fingerprint density at radius 2 is 2.03 bits per heavy atom. The number of nitrogens with zero attached hydrogens (tertiary/aromatic N) is 3. The van der Waals surface area contributed by atoms with E-state index in [9.17, 15) is 24.4 Å². The van der Waals surface area contributed by atoms with Crippen molar-refractivity contribution in [1.29, 1.82) is 0 Å². The highest BCUT2D eigenvalue weighted by molar-refractivity contribution is 8.06. The van der Waals surface area contributed by atoms with Gasteiger partial charge in [0.25, 0.3) is 11.8 Å². The van der Waals surface area contributed by atoms with E-state index in [-0.39, 0.29) is 27.5 Å². The number of hydrogen-bond acceptors (Lipinski definition) is 14. The number of β-lactam (4-membered cyclic amide) rings is 1. The number of esters is 2. The van der Waals surface area contributed by atoms with E-state index in [0.29, 0.717) is 23.9 Å². The highest BCUT2D eigenvalue weighted by Gasteiger charge is 2.55. The van der Waals surface area contributed by atoms with Gasteiger partial charge in [0.2, 0.25) is 6.79 Å². The number of hydrogen-bond donors (Lipinski definition) is 3. The van der Waals surface area contributed by atoms with E-state index in [1.54, 1.807) is 20.8 Å². The predicted octanol–water partition coefficient (Wildman–Crippen LogP) is 1.52. The summed E-state index contributed by atoms with van der Waals surface area (Å²) in [6, 6.07) is -0.980. The maximum absolute atomic E-state index is 13.3. The van der Waals surface area contributed by atoms with E-state index in [1.807, 2.05) is 0 Å². The SMILES string of the molecule is CC(C)(C)C(=O)OCOC(=O)C1=C(SC2CCOCC2)CSC2C(NC(=O)/C(=N\O)c3csc(N)n3)C(=O)N12. The van der Waals surface area contributed by atoms with Gasteiger partial charge in [-0.3, -0.25) is 19.3 Å². The average molecular weight is 600 g/mol. The Bertz CT molecular complexity index is 1200. The fourth-order valence-electron chi connectivity index (χ4n) is 3.91. The Balaban J connectivity index is 1.49. The smallest absolute Gasteiger partial charge is 0.358 e. The molecule has 4 N–H and O–H groups in total. The zero-order valence-corrected chi connectivity index (χ0v) is 24.0. The quantitative estimate of drug-likeness (QED) is 0.0979. The Kier molecular flexibility index (Phi) is 9.08. The lowest BCUT2D eigenvalue weighted by molar-refractivity contribution is -0.173. The molecule has 4 rings (SSSR count). The van der Waals surface area contributed by atoms with Gasteiger partial charge in [0.05, 0.1) is 5.41 Å². The number of aromatic nitrogens is 1. The normalized spacial score (nSPS) is 22.2. The highest BCUT2D eigenvalue weighted by Crippen LogP contribution is 2.45. The third kappa shape index (κ3) is 6.50. The van der Waals surface area contributed by atoms with Crippen molar-refractivity contribution in [2.45, 2.75) is 50.3 Å². The van der Waals surface area contributed by atoms with Crippen molar-refractivity contribution in [3.8, 4) is 0 Å². The van der Waals surface area contributed by atoms with E-state index in [4.69, 9.17) is 19.9 Å². The standard InChI is InChI=1S/C23H29N5O8S3/c1-23(2,3)21(32)36-10-35-20(31)16-13(39-11-4-6-34-7-5-11)9-37-19-15(18(30)28(16)19)26-17(29)14(27-33)12-8-38-22(24)25-12/h8,11,15,19,33H,4-7,9-10H2,1-3H3,(H2,24,25)(H,26,29)/b27-14-. The van der Waals surface area contributed by atoms with Gasteiger partial charge >= 0.3 is 11.9 Å². The number of thiazole rings is 1.